The van der Waals surface area contributed by atoms with Gasteiger partial charge in [0, 0.05) is 78.0 Å². The second-order valence-corrected chi connectivity index (χ2v) is 7.37. The first-order chi connectivity index (χ1) is 13.1. The van der Waals surface area contributed by atoms with Crippen LogP contribution in [0.2, 0.25) is 0 Å². The lowest BCUT2D eigenvalue weighted by atomic mass is 10.2. The van der Waals surface area contributed by atoms with E-state index >= 15 is 0 Å². The van der Waals surface area contributed by atoms with Crippen LogP contribution < -0.4 is 15.1 Å². The van der Waals surface area contributed by atoms with Crippen LogP contribution in [-0.2, 0) is 13.0 Å². The molecule has 0 saturated carbocycles. The number of nitrogens with one attached hydrogen (secondary N) is 1. The Hall–Kier alpha value is -2.42. The number of hydrogen-bond acceptors (Lipinski definition) is 7. The smallest absolute Gasteiger partial charge is 0.205 e. The van der Waals surface area contributed by atoms with Crippen molar-refractivity contribution in [1.82, 2.24) is 24.6 Å². The fourth-order valence-corrected chi connectivity index (χ4v) is 3.76. The average Bonchev–Trinajstić information content (AvgIpc) is 3.18. The highest BCUT2D eigenvalue weighted by molar-refractivity contribution is 7.09. The molecule has 1 fully saturated rings. The number of rotatable bonds is 5. The molecule has 0 bridgehead atoms. The minimum absolute atomic E-state index is 0.729. The van der Waals surface area contributed by atoms with Gasteiger partial charge in [0.25, 0.3) is 0 Å². The molecule has 1 aliphatic rings. The van der Waals surface area contributed by atoms with E-state index in [0.717, 1.165) is 61.9 Å². The van der Waals surface area contributed by atoms with Crippen LogP contribution in [0.25, 0.3) is 0 Å². The summed E-state index contributed by atoms with van der Waals surface area (Å²) in [6.07, 6.45) is 2.73. The monoisotopic (exact) mass is 388 g/mol. The number of pyridine rings is 1. The van der Waals surface area contributed by atoms with E-state index in [1.54, 1.807) is 0 Å². The van der Waals surface area contributed by atoms with Crippen molar-refractivity contribution in [3.8, 4) is 0 Å². The minimum atomic E-state index is 0.729. The summed E-state index contributed by atoms with van der Waals surface area (Å²) in [6, 6.07) is 4.13. The summed E-state index contributed by atoms with van der Waals surface area (Å²) in [5.74, 6) is 2.83. The van der Waals surface area contributed by atoms with Gasteiger partial charge < -0.3 is 20.0 Å². The molecule has 2 aromatic heterocycles. The molecule has 0 aromatic carbocycles. The van der Waals surface area contributed by atoms with E-state index in [1.165, 1.54) is 17.1 Å². The van der Waals surface area contributed by atoms with Crippen LogP contribution in [0.5, 0.6) is 0 Å². The Morgan fingerprint density at radius 3 is 2.70 bits per heavy atom. The van der Waals surface area contributed by atoms with Crippen LogP contribution >= 0.6 is 11.5 Å². The molecule has 27 heavy (non-hydrogen) atoms. The van der Waals surface area contributed by atoms with Crippen molar-refractivity contribution >= 4 is 28.4 Å². The first kappa shape index (κ1) is 19.3. The molecule has 0 radical (unpaired) electrons. The highest BCUT2D eigenvalue weighted by Crippen LogP contribution is 2.19. The summed E-state index contributed by atoms with van der Waals surface area (Å²) in [6.45, 7) is 6.51. The van der Waals surface area contributed by atoms with E-state index in [9.17, 15) is 0 Å². The number of aromatic nitrogens is 3. The SMILES string of the molecule is CCc1nsc(N2CCN(C(=NC)NCc3ccnc(N(C)C)c3)CC2)n1. The maximum atomic E-state index is 4.60. The first-order valence-corrected chi connectivity index (χ1v) is 10.0. The number of nitrogens with zero attached hydrogens (tertiary/aromatic N) is 7. The molecule has 0 unspecified atom stereocenters. The highest BCUT2D eigenvalue weighted by Gasteiger charge is 2.22. The molecule has 1 N–H and O–H groups in total. The van der Waals surface area contributed by atoms with Crippen LogP contribution in [0.4, 0.5) is 10.9 Å². The van der Waals surface area contributed by atoms with Gasteiger partial charge >= 0.3 is 0 Å². The van der Waals surface area contributed by atoms with Crippen molar-refractivity contribution in [2.75, 3.05) is 57.1 Å². The van der Waals surface area contributed by atoms with Crippen LogP contribution in [0.3, 0.4) is 0 Å². The third-order valence-corrected chi connectivity index (χ3v) is 5.37. The lowest BCUT2D eigenvalue weighted by Gasteiger charge is -2.36. The third-order valence-electron chi connectivity index (χ3n) is 4.55. The first-order valence-electron chi connectivity index (χ1n) is 9.26. The number of piperazine rings is 1. The number of anilines is 2. The van der Waals surface area contributed by atoms with Crippen LogP contribution in [0.15, 0.2) is 23.3 Å². The molecule has 0 atom stereocenters. The van der Waals surface area contributed by atoms with Crippen molar-refractivity contribution in [1.29, 1.82) is 0 Å². The van der Waals surface area contributed by atoms with Gasteiger partial charge in [-0.15, -0.1) is 0 Å². The van der Waals surface area contributed by atoms with Gasteiger partial charge in [0.2, 0.25) is 5.13 Å². The van der Waals surface area contributed by atoms with E-state index in [1.807, 2.05) is 38.3 Å². The van der Waals surface area contributed by atoms with Gasteiger partial charge in [-0.25, -0.2) is 9.97 Å². The molecule has 0 spiro atoms. The molecule has 1 saturated heterocycles. The second-order valence-electron chi connectivity index (χ2n) is 6.64. The summed E-state index contributed by atoms with van der Waals surface area (Å²) >= 11 is 1.50. The summed E-state index contributed by atoms with van der Waals surface area (Å²) in [5.41, 5.74) is 1.19. The maximum Gasteiger partial charge on any atom is 0.205 e. The van der Waals surface area contributed by atoms with Gasteiger partial charge in [0.15, 0.2) is 5.96 Å². The molecular formula is C18H28N8S. The van der Waals surface area contributed by atoms with Crippen molar-refractivity contribution in [3.05, 3.63) is 29.7 Å². The van der Waals surface area contributed by atoms with Gasteiger partial charge in [-0.2, -0.15) is 4.37 Å². The zero-order valence-corrected chi connectivity index (χ0v) is 17.3. The Bertz CT molecular complexity index is 764. The van der Waals surface area contributed by atoms with Gasteiger partial charge in [-0.1, -0.05) is 6.92 Å². The zero-order valence-electron chi connectivity index (χ0n) is 16.5. The average molecular weight is 389 g/mol. The third kappa shape index (κ3) is 4.85. The molecule has 9 heteroatoms. The second kappa shape index (κ2) is 8.98. The quantitative estimate of drug-likeness (QED) is 0.614. The molecule has 8 nitrogen and oxygen atoms in total. The van der Waals surface area contributed by atoms with Gasteiger partial charge in [0.1, 0.15) is 11.6 Å². The zero-order chi connectivity index (χ0) is 19.2. The van der Waals surface area contributed by atoms with Crippen LogP contribution in [0.1, 0.15) is 18.3 Å². The van der Waals surface area contributed by atoms with Crippen molar-refractivity contribution < 1.29 is 0 Å². The Morgan fingerprint density at radius 2 is 2.07 bits per heavy atom. The Balaban J connectivity index is 1.54. The lowest BCUT2D eigenvalue weighted by molar-refractivity contribution is 0.372. The predicted octanol–water partition coefficient (Wildman–Crippen LogP) is 1.46. The summed E-state index contributed by atoms with van der Waals surface area (Å²) < 4.78 is 4.39. The normalized spacial score (nSPS) is 15.2. The predicted molar refractivity (Wildman–Crippen MR) is 112 cm³/mol. The standard InChI is InChI=1S/C18H28N8S/c1-5-15-22-18(27-23-15)26-10-8-25(9-11-26)17(19-2)21-13-14-6-7-20-16(12-14)24(3)4/h6-7,12H,5,8-11,13H2,1-4H3,(H,19,21). The lowest BCUT2D eigenvalue weighted by Crippen LogP contribution is -2.52. The van der Waals surface area contributed by atoms with E-state index < -0.39 is 0 Å². The summed E-state index contributed by atoms with van der Waals surface area (Å²) in [5, 5.41) is 4.51. The fourth-order valence-electron chi connectivity index (χ4n) is 2.95. The van der Waals surface area contributed by atoms with Crippen LogP contribution in [-0.4, -0.2) is 72.5 Å². The molecular weight excluding hydrogens is 360 g/mol. The molecule has 0 aliphatic carbocycles. The molecule has 146 valence electrons. The molecule has 3 rings (SSSR count). The molecule has 3 heterocycles. The Kier molecular flexibility index (Phi) is 6.44. The van der Waals surface area contributed by atoms with Gasteiger partial charge in [-0.3, -0.25) is 4.99 Å². The Labute approximate surface area is 165 Å². The molecule has 1 aliphatic heterocycles. The fraction of sp³-hybridized carbons (Fsp3) is 0.556. The van der Waals surface area contributed by atoms with E-state index in [4.69, 9.17) is 0 Å². The number of aryl methyl sites for hydroxylation is 1. The topological polar surface area (TPSA) is 72.8 Å². The van der Waals surface area contributed by atoms with E-state index in [-0.39, 0.29) is 0 Å². The number of guanidine groups is 1. The summed E-state index contributed by atoms with van der Waals surface area (Å²) in [4.78, 5) is 20.0. The summed E-state index contributed by atoms with van der Waals surface area (Å²) in [7, 11) is 5.84. The van der Waals surface area contributed by atoms with Gasteiger partial charge in [0.05, 0.1) is 0 Å². The van der Waals surface area contributed by atoms with E-state index in [0.29, 0.717) is 0 Å². The van der Waals surface area contributed by atoms with Crippen molar-refractivity contribution in [2.45, 2.75) is 19.9 Å². The highest BCUT2D eigenvalue weighted by atomic mass is 32.1. The Morgan fingerprint density at radius 1 is 1.30 bits per heavy atom. The van der Waals surface area contributed by atoms with E-state index in [2.05, 4.69) is 47.4 Å². The molecule has 2 aromatic rings. The number of hydrogen-bond donors (Lipinski definition) is 1. The van der Waals surface area contributed by atoms with Crippen molar-refractivity contribution in [2.24, 2.45) is 4.99 Å². The van der Waals surface area contributed by atoms with Crippen molar-refractivity contribution in [3.63, 3.8) is 0 Å². The van der Waals surface area contributed by atoms with Crippen LogP contribution in [0, 0.1) is 0 Å². The maximum absolute atomic E-state index is 4.60. The van der Waals surface area contributed by atoms with Gasteiger partial charge in [-0.05, 0) is 17.7 Å². The largest absolute Gasteiger partial charge is 0.363 e. The molecule has 0 amide bonds. The number of aliphatic imine (C=N–C) groups is 1. The minimum Gasteiger partial charge on any atom is -0.363 e.